The van der Waals surface area contributed by atoms with Gasteiger partial charge in [0.2, 0.25) is 0 Å². The number of para-hydroxylation sites is 1. The van der Waals surface area contributed by atoms with E-state index in [2.05, 4.69) is 15.3 Å². The van der Waals surface area contributed by atoms with Gasteiger partial charge in [0.15, 0.2) is 0 Å². The number of fused-ring (bicyclic) bond motifs is 3. The SMILES string of the molecule is CC(C)Nc1c(C(N)=O)cnc2c1[nH]c1ccccc12. The number of nitrogens with two attached hydrogens (primary N) is 1. The number of amides is 1. The minimum absolute atomic E-state index is 0.185. The van der Waals surface area contributed by atoms with Gasteiger partial charge in [-0.2, -0.15) is 0 Å². The summed E-state index contributed by atoms with van der Waals surface area (Å²) in [6.45, 7) is 4.03. The van der Waals surface area contributed by atoms with E-state index < -0.39 is 5.91 Å². The maximum absolute atomic E-state index is 11.6. The van der Waals surface area contributed by atoms with Crippen LogP contribution >= 0.6 is 0 Å². The average molecular weight is 268 g/mol. The minimum atomic E-state index is -0.485. The highest BCUT2D eigenvalue weighted by molar-refractivity contribution is 6.13. The number of rotatable bonds is 3. The molecule has 1 amide bonds. The van der Waals surface area contributed by atoms with E-state index in [4.69, 9.17) is 5.73 Å². The Morgan fingerprint density at radius 3 is 2.80 bits per heavy atom. The van der Waals surface area contributed by atoms with Crippen LogP contribution in [0.2, 0.25) is 0 Å². The number of H-pyrrole nitrogens is 1. The number of nitrogens with zero attached hydrogens (tertiary/aromatic N) is 1. The third-order valence-electron chi connectivity index (χ3n) is 3.22. The average Bonchev–Trinajstić information content (AvgIpc) is 2.77. The maximum atomic E-state index is 11.6. The van der Waals surface area contributed by atoms with Crippen molar-refractivity contribution in [1.82, 2.24) is 9.97 Å². The molecule has 2 aromatic heterocycles. The van der Waals surface area contributed by atoms with E-state index in [-0.39, 0.29) is 6.04 Å². The summed E-state index contributed by atoms with van der Waals surface area (Å²) in [4.78, 5) is 19.3. The first-order chi connectivity index (χ1) is 9.58. The van der Waals surface area contributed by atoms with Gasteiger partial charge in [0.25, 0.3) is 5.91 Å². The summed E-state index contributed by atoms with van der Waals surface area (Å²) in [5.41, 5.74) is 9.21. The summed E-state index contributed by atoms with van der Waals surface area (Å²) >= 11 is 0. The maximum Gasteiger partial charge on any atom is 0.252 e. The molecule has 0 spiro atoms. The van der Waals surface area contributed by atoms with Crippen molar-refractivity contribution in [2.45, 2.75) is 19.9 Å². The van der Waals surface area contributed by atoms with E-state index in [1.807, 2.05) is 38.1 Å². The molecule has 0 atom stereocenters. The fourth-order valence-corrected chi connectivity index (χ4v) is 2.40. The Bertz CT molecular complexity index is 804. The molecular weight excluding hydrogens is 252 g/mol. The van der Waals surface area contributed by atoms with Crippen LogP contribution < -0.4 is 11.1 Å². The molecule has 0 bridgehead atoms. The molecule has 5 nitrogen and oxygen atoms in total. The molecule has 0 fully saturated rings. The molecule has 0 saturated carbocycles. The molecule has 0 aliphatic rings. The first-order valence-electron chi connectivity index (χ1n) is 6.53. The Balaban J connectivity index is 2.38. The van der Waals surface area contributed by atoms with E-state index in [0.29, 0.717) is 11.3 Å². The summed E-state index contributed by atoms with van der Waals surface area (Å²) < 4.78 is 0. The second-order valence-electron chi connectivity index (χ2n) is 5.10. The monoisotopic (exact) mass is 268 g/mol. The number of carbonyl (C=O) groups excluding carboxylic acids is 1. The lowest BCUT2D eigenvalue weighted by atomic mass is 10.1. The fraction of sp³-hybridized carbons (Fsp3) is 0.200. The zero-order valence-corrected chi connectivity index (χ0v) is 11.4. The van der Waals surface area contributed by atoms with E-state index in [1.165, 1.54) is 6.20 Å². The first-order valence-corrected chi connectivity index (χ1v) is 6.53. The van der Waals surface area contributed by atoms with E-state index >= 15 is 0 Å². The van der Waals surface area contributed by atoms with Gasteiger partial charge < -0.3 is 16.0 Å². The number of primary amides is 1. The number of pyridine rings is 1. The van der Waals surface area contributed by atoms with Crippen molar-refractivity contribution in [2.24, 2.45) is 5.73 Å². The predicted octanol–water partition coefficient (Wildman–Crippen LogP) is 2.64. The zero-order chi connectivity index (χ0) is 14.3. The predicted molar refractivity (Wildman–Crippen MR) is 80.9 cm³/mol. The second kappa shape index (κ2) is 4.52. The van der Waals surface area contributed by atoms with Crippen molar-refractivity contribution in [2.75, 3.05) is 5.32 Å². The number of hydrogen-bond acceptors (Lipinski definition) is 3. The van der Waals surface area contributed by atoms with Crippen LogP contribution in [0.15, 0.2) is 30.5 Å². The van der Waals surface area contributed by atoms with Crippen LogP contribution in [-0.4, -0.2) is 21.9 Å². The van der Waals surface area contributed by atoms with Crippen LogP contribution in [0, 0.1) is 0 Å². The molecule has 0 unspecified atom stereocenters. The van der Waals surface area contributed by atoms with Gasteiger partial charge in [-0.1, -0.05) is 18.2 Å². The van der Waals surface area contributed by atoms with Crippen LogP contribution in [0.25, 0.3) is 21.9 Å². The van der Waals surface area contributed by atoms with Crippen LogP contribution in [0.4, 0.5) is 5.69 Å². The fourth-order valence-electron chi connectivity index (χ4n) is 2.40. The molecule has 3 aromatic rings. The molecular formula is C15H16N4O. The second-order valence-corrected chi connectivity index (χ2v) is 5.10. The topological polar surface area (TPSA) is 83.8 Å². The van der Waals surface area contributed by atoms with Crippen molar-refractivity contribution in [3.63, 3.8) is 0 Å². The molecule has 3 rings (SSSR count). The lowest BCUT2D eigenvalue weighted by Gasteiger charge is -2.13. The normalized spacial score (nSPS) is 11.3. The van der Waals surface area contributed by atoms with Crippen LogP contribution in [0.1, 0.15) is 24.2 Å². The first kappa shape index (κ1) is 12.5. The van der Waals surface area contributed by atoms with Gasteiger partial charge in [-0.25, -0.2) is 0 Å². The molecule has 0 saturated heterocycles. The van der Waals surface area contributed by atoms with E-state index in [9.17, 15) is 4.79 Å². The summed E-state index contributed by atoms with van der Waals surface area (Å²) in [7, 11) is 0. The van der Waals surface area contributed by atoms with Gasteiger partial charge in [-0.3, -0.25) is 9.78 Å². The van der Waals surface area contributed by atoms with Gasteiger partial charge in [-0.05, 0) is 19.9 Å². The Kier molecular flexibility index (Phi) is 2.82. The number of anilines is 1. The molecule has 5 heteroatoms. The summed E-state index contributed by atoms with van der Waals surface area (Å²) in [5.74, 6) is -0.485. The van der Waals surface area contributed by atoms with Gasteiger partial charge >= 0.3 is 0 Å². The number of nitrogens with one attached hydrogen (secondary N) is 2. The smallest absolute Gasteiger partial charge is 0.252 e. The Labute approximate surface area is 116 Å². The molecule has 20 heavy (non-hydrogen) atoms. The highest BCUT2D eigenvalue weighted by Crippen LogP contribution is 2.31. The third-order valence-corrected chi connectivity index (χ3v) is 3.22. The highest BCUT2D eigenvalue weighted by atomic mass is 16.1. The van der Waals surface area contributed by atoms with Gasteiger partial charge in [-0.15, -0.1) is 0 Å². The Morgan fingerprint density at radius 1 is 1.35 bits per heavy atom. The third kappa shape index (κ3) is 1.87. The zero-order valence-electron chi connectivity index (χ0n) is 11.4. The van der Waals surface area contributed by atoms with Crippen molar-refractivity contribution < 1.29 is 4.79 Å². The number of aromatic amines is 1. The molecule has 0 aliphatic carbocycles. The lowest BCUT2D eigenvalue weighted by Crippen LogP contribution is -2.18. The van der Waals surface area contributed by atoms with Crippen molar-refractivity contribution in [1.29, 1.82) is 0 Å². The lowest BCUT2D eigenvalue weighted by molar-refractivity contribution is 0.100. The largest absolute Gasteiger partial charge is 0.380 e. The summed E-state index contributed by atoms with van der Waals surface area (Å²) in [6, 6.07) is 8.10. The van der Waals surface area contributed by atoms with Crippen LogP contribution in [-0.2, 0) is 0 Å². The number of carbonyl (C=O) groups is 1. The molecule has 2 heterocycles. The van der Waals surface area contributed by atoms with Crippen LogP contribution in [0.5, 0.6) is 0 Å². The molecule has 4 N–H and O–H groups in total. The van der Waals surface area contributed by atoms with E-state index in [0.717, 1.165) is 21.9 Å². The highest BCUT2D eigenvalue weighted by Gasteiger charge is 2.17. The molecule has 0 aliphatic heterocycles. The summed E-state index contributed by atoms with van der Waals surface area (Å²) in [6.07, 6.45) is 1.54. The minimum Gasteiger partial charge on any atom is -0.380 e. The van der Waals surface area contributed by atoms with E-state index in [1.54, 1.807) is 0 Å². The quantitative estimate of drug-likeness (QED) is 0.682. The van der Waals surface area contributed by atoms with Crippen molar-refractivity contribution in [3.8, 4) is 0 Å². The van der Waals surface area contributed by atoms with Crippen molar-refractivity contribution >= 4 is 33.5 Å². The standard InChI is InChI=1S/C15H16N4O/c1-8(2)18-13-10(15(16)20)7-17-12-9-5-3-4-6-11(9)19-14(12)13/h3-8,19H,1-2H3,(H2,16,20)(H,17,18). The number of hydrogen-bond donors (Lipinski definition) is 3. The van der Waals surface area contributed by atoms with Gasteiger partial charge in [0.05, 0.1) is 22.3 Å². The number of aromatic nitrogens is 2. The summed E-state index contributed by atoms with van der Waals surface area (Å²) in [5, 5.41) is 4.32. The van der Waals surface area contributed by atoms with Gasteiger partial charge in [0, 0.05) is 23.1 Å². The molecule has 0 radical (unpaired) electrons. The Morgan fingerprint density at radius 2 is 2.10 bits per heavy atom. The molecule has 1 aromatic carbocycles. The number of benzene rings is 1. The molecule has 102 valence electrons. The Hall–Kier alpha value is -2.56. The van der Waals surface area contributed by atoms with Crippen molar-refractivity contribution in [3.05, 3.63) is 36.0 Å². The van der Waals surface area contributed by atoms with Crippen LogP contribution in [0.3, 0.4) is 0 Å². The van der Waals surface area contributed by atoms with Gasteiger partial charge in [0.1, 0.15) is 0 Å².